The van der Waals surface area contributed by atoms with Crippen LogP contribution in [0.15, 0.2) is 54.6 Å². The molecule has 0 unspecified atom stereocenters. The van der Waals surface area contributed by atoms with Crippen LogP contribution in [0.1, 0.15) is 5.56 Å². The Labute approximate surface area is 123 Å². The molecule has 3 nitrogen and oxygen atoms in total. The summed E-state index contributed by atoms with van der Waals surface area (Å²) in [6, 6.07) is 21.3. The zero-order valence-electron chi connectivity index (χ0n) is 11.8. The average molecular weight is 274 g/mol. The van der Waals surface area contributed by atoms with Crippen molar-refractivity contribution in [3.8, 4) is 11.1 Å². The number of anilines is 1. The minimum absolute atomic E-state index is 0.0570. The molecule has 1 radical (unpaired) electrons. The Balaban J connectivity index is 2.27. The Morgan fingerprint density at radius 3 is 2.52 bits per heavy atom. The molecule has 0 amide bonds. The van der Waals surface area contributed by atoms with Crippen molar-refractivity contribution in [2.45, 2.75) is 6.92 Å². The van der Waals surface area contributed by atoms with Gasteiger partial charge in [0.15, 0.2) is 5.96 Å². The zero-order valence-corrected chi connectivity index (χ0v) is 11.8. The molecule has 3 aromatic carbocycles. The van der Waals surface area contributed by atoms with Gasteiger partial charge in [-0.15, -0.1) is 0 Å². The van der Waals surface area contributed by atoms with E-state index in [1.807, 2.05) is 36.4 Å². The smallest absolute Gasteiger partial charge is 0.190 e. The molecule has 0 aliphatic rings. The Hall–Kier alpha value is -2.81. The summed E-state index contributed by atoms with van der Waals surface area (Å²) in [4.78, 5) is 0. The van der Waals surface area contributed by atoms with E-state index >= 15 is 0 Å². The van der Waals surface area contributed by atoms with Gasteiger partial charge in [0.05, 0.1) is 0 Å². The number of aryl methyl sites for hydroxylation is 1. The van der Waals surface area contributed by atoms with Gasteiger partial charge in [-0.1, -0.05) is 48.5 Å². The molecule has 0 atom stereocenters. The standard InChI is InChI=1S/C18H16N3/c1-12-6-2-3-7-13(12)15-10-11-17(21-18(19)20)16-9-5-4-8-14(15)16/h3-11H,1H3,(H4,19,20,21). The lowest BCUT2D eigenvalue weighted by atomic mass is 9.94. The van der Waals surface area contributed by atoms with Gasteiger partial charge < -0.3 is 11.1 Å². The van der Waals surface area contributed by atoms with Crippen LogP contribution in [-0.4, -0.2) is 5.96 Å². The summed E-state index contributed by atoms with van der Waals surface area (Å²) in [5, 5.41) is 12.5. The zero-order chi connectivity index (χ0) is 14.8. The summed E-state index contributed by atoms with van der Waals surface area (Å²) >= 11 is 0. The Bertz CT molecular complexity index is 822. The first-order chi connectivity index (χ1) is 10.2. The molecule has 103 valence electrons. The molecular formula is C18H16N3. The van der Waals surface area contributed by atoms with Crippen LogP contribution in [0.4, 0.5) is 5.69 Å². The minimum Gasteiger partial charge on any atom is -0.370 e. The maximum absolute atomic E-state index is 7.42. The van der Waals surface area contributed by atoms with Gasteiger partial charge in [0, 0.05) is 11.1 Å². The second kappa shape index (κ2) is 5.29. The number of fused-ring (bicyclic) bond motifs is 1. The van der Waals surface area contributed by atoms with Gasteiger partial charge in [-0.05, 0) is 41.1 Å². The van der Waals surface area contributed by atoms with E-state index in [0.717, 1.165) is 16.5 Å². The van der Waals surface area contributed by atoms with E-state index in [2.05, 4.69) is 36.5 Å². The largest absolute Gasteiger partial charge is 0.370 e. The quantitative estimate of drug-likeness (QED) is 0.490. The third-order valence-corrected chi connectivity index (χ3v) is 3.55. The lowest BCUT2D eigenvalue weighted by molar-refractivity contribution is 1.41. The maximum Gasteiger partial charge on any atom is 0.190 e. The number of nitrogens with two attached hydrogens (primary N) is 1. The monoisotopic (exact) mass is 274 g/mol. The molecule has 0 bridgehead atoms. The molecule has 0 aliphatic heterocycles. The Morgan fingerprint density at radius 2 is 1.81 bits per heavy atom. The molecule has 3 rings (SSSR count). The summed E-state index contributed by atoms with van der Waals surface area (Å²) in [5.41, 5.74) is 9.86. The lowest BCUT2D eigenvalue weighted by Crippen LogP contribution is -2.20. The molecule has 4 N–H and O–H groups in total. The first-order valence-corrected chi connectivity index (χ1v) is 6.76. The SMILES string of the molecule is Cc1c[c]ccc1-c1ccc(NC(=N)N)c2ccccc12. The van der Waals surface area contributed by atoms with Crippen molar-refractivity contribution < 1.29 is 0 Å². The Kier molecular flexibility index (Phi) is 3.32. The van der Waals surface area contributed by atoms with E-state index in [-0.39, 0.29) is 5.96 Å². The van der Waals surface area contributed by atoms with Crippen LogP contribution in [0, 0.1) is 18.4 Å². The van der Waals surface area contributed by atoms with Gasteiger partial charge in [-0.25, -0.2) is 0 Å². The highest BCUT2D eigenvalue weighted by molar-refractivity contribution is 6.07. The molecule has 0 heterocycles. The summed E-state index contributed by atoms with van der Waals surface area (Å²) in [5.74, 6) is -0.0570. The second-order valence-electron chi connectivity index (χ2n) is 4.99. The predicted molar refractivity (Wildman–Crippen MR) is 88.5 cm³/mol. The van der Waals surface area contributed by atoms with E-state index in [4.69, 9.17) is 11.1 Å². The fraction of sp³-hybridized carbons (Fsp3) is 0.0556. The van der Waals surface area contributed by atoms with Crippen LogP contribution in [0.5, 0.6) is 0 Å². The van der Waals surface area contributed by atoms with Crippen molar-refractivity contribution in [1.29, 1.82) is 5.41 Å². The fourth-order valence-corrected chi connectivity index (χ4v) is 2.60. The number of nitrogens with one attached hydrogen (secondary N) is 2. The molecule has 0 aromatic heterocycles. The van der Waals surface area contributed by atoms with E-state index in [1.165, 1.54) is 16.7 Å². The lowest BCUT2D eigenvalue weighted by Gasteiger charge is -2.13. The first-order valence-electron chi connectivity index (χ1n) is 6.76. The molecule has 3 heteroatoms. The van der Waals surface area contributed by atoms with Crippen LogP contribution in [0.25, 0.3) is 21.9 Å². The molecule has 0 saturated heterocycles. The van der Waals surface area contributed by atoms with Crippen LogP contribution < -0.4 is 11.1 Å². The summed E-state index contributed by atoms with van der Waals surface area (Å²) in [7, 11) is 0. The van der Waals surface area contributed by atoms with Crippen LogP contribution in [0.2, 0.25) is 0 Å². The van der Waals surface area contributed by atoms with Gasteiger partial charge in [0.2, 0.25) is 0 Å². The van der Waals surface area contributed by atoms with Gasteiger partial charge in [-0.2, -0.15) is 0 Å². The van der Waals surface area contributed by atoms with Crippen molar-refractivity contribution in [2.24, 2.45) is 5.73 Å². The van der Waals surface area contributed by atoms with Crippen molar-refractivity contribution in [3.63, 3.8) is 0 Å². The number of benzene rings is 3. The third kappa shape index (κ3) is 2.46. The van der Waals surface area contributed by atoms with Crippen LogP contribution in [0.3, 0.4) is 0 Å². The minimum atomic E-state index is -0.0570. The predicted octanol–water partition coefficient (Wildman–Crippen LogP) is 3.92. The van der Waals surface area contributed by atoms with Crippen LogP contribution in [-0.2, 0) is 0 Å². The van der Waals surface area contributed by atoms with E-state index in [1.54, 1.807) is 0 Å². The number of rotatable bonds is 2. The highest BCUT2D eigenvalue weighted by Gasteiger charge is 2.09. The van der Waals surface area contributed by atoms with Crippen molar-refractivity contribution >= 4 is 22.4 Å². The van der Waals surface area contributed by atoms with Crippen LogP contribution >= 0.6 is 0 Å². The highest BCUT2D eigenvalue weighted by atomic mass is 15.0. The second-order valence-corrected chi connectivity index (χ2v) is 4.99. The van der Waals surface area contributed by atoms with E-state index in [0.29, 0.717) is 0 Å². The van der Waals surface area contributed by atoms with Gasteiger partial charge in [0.1, 0.15) is 0 Å². The molecule has 0 spiro atoms. The van der Waals surface area contributed by atoms with E-state index in [9.17, 15) is 0 Å². The number of guanidine groups is 1. The normalized spacial score (nSPS) is 10.5. The first kappa shape index (κ1) is 13.2. The van der Waals surface area contributed by atoms with Crippen molar-refractivity contribution in [2.75, 3.05) is 5.32 Å². The maximum atomic E-state index is 7.42. The molecule has 0 fully saturated rings. The van der Waals surface area contributed by atoms with Crippen molar-refractivity contribution in [3.05, 3.63) is 66.2 Å². The van der Waals surface area contributed by atoms with Gasteiger partial charge >= 0.3 is 0 Å². The number of hydrogen-bond donors (Lipinski definition) is 3. The number of hydrogen-bond acceptors (Lipinski definition) is 1. The Morgan fingerprint density at radius 1 is 1.05 bits per heavy atom. The van der Waals surface area contributed by atoms with Gasteiger partial charge in [0.25, 0.3) is 0 Å². The molecule has 3 aromatic rings. The fourth-order valence-electron chi connectivity index (χ4n) is 2.60. The molecular weight excluding hydrogens is 258 g/mol. The van der Waals surface area contributed by atoms with E-state index < -0.39 is 0 Å². The van der Waals surface area contributed by atoms with Crippen molar-refractivity contribution in [1.82, 2.24) is 0 Å². The highest BCUT2D eigenvalue weighted by Crippen LogP contribution is 2.34. The molecule has 0 aliphatic carbocycles. The molecule has 0 saturated carbocycles. The topological polar surface area (TPSA) is 61.9 Å². The summed E-state index contributed by atoms with van der Waals surface area (Å²) in [6.07, 6.45) is 0. The summed E-state index contributed by atoms with van der Waals surface area (Å²) < 4.78 is 0. The summed E-state index contributed by atoms with van der Waals surface area (Å²) in [6.45, 7) is 2.09. The van der Waals surface area contributed by atoms with Gasteiger partial charge in [-0.3, -0.25) is 5.41 Å². The molecule has 21 heavy (non-hydrogen) atoms. The third-order valence-electron chi connectivity index (χ3n) is 3.55. The average Bonchev–Trinajstić information content (AvgIpc) is 2.48.